The van der Waals surface area contributed by atoms with Crippen molar-refractivity contribution in [2.75, 3.05) is 12.4 Å². The van der Waals surface area contributed by atoms with Crippen LogP contribution in [-0.4, -0.2) is 29.0 Å². The Kier molecular flexibility index (Phi) is 6.03. The maximum absolute atomic E-state index is 12.4. The second-order valence-corrected chi connectivity index (χ2v) is 5.73. The van der Waals surface area contributed by atoms with Crippen molar-refractivity contribution in [1.82, 2.24) is 5.32 Å². The second-order valence-electron chi connectivity index (χ2n) is 5.32. The third kappa shape index (κ3) is 4.55. The van der Waals surface area contributed by atoms with E-state index in [0.717, 1.165) is 0 Å². The van der Waals surface area contributed by atoms with Crippen LogP contribution in [0, 0.1) is 17.0 Å². The molecule has 0 spiro atoms. The van der Waals surface area contributed by atoms with Crippen LogP contribution in [0.4, 0.5) is 11.4 Å². The number of methoxy groups -OCH3 is 1. The number of carboxylic acid groups (broad SMARTS) is 1. The Bertz CT molecular complexity index is 944. The van der Waals surface area contributed by atoms with Gasteiger partial charge in [0.2, 0.25) is 0 Å². The van der Waals surface area contributed by atoms with Gasteiger partial charge in [0, 0.05) is 17.2 Å². The van der Waals surface area contributed by atoms with Crippen LogP contribution in [0.5, 0.6) is 5.75 Å². The standard InChI is InChI=1S/C17H15N3O6S/c1-9-11(4-3-5-13(9)20(24)25)15(21)19-17(27)18-12-8-10(16(22)23)6-7-14(12)26-2/h3-8H,1-2H3,(H,22,23)(H2,18,19,21,27)/p-1. The molecule has 0 aliphatic rings. The van der Waals surface area contributed by atoms with E-state index in [1.54, 1.807) is 0 Å². The third-order valence-electron chi connectivity index (χ3n) is 3.66. The molecule has 2 N–H and O–H groups in total. The summed E-state index contributed by atoms with van der Waals surface area (Å²) >= 11 is 5.06. The number of amides is 1. The van der Waals surface area contributed by atoms with Gasteiger partial charge in [0.1, 0.15) is 5.75 Å². The Hall–Kier alpha value is -3.53. The molecule has 9 nitrogen and oxygen atoms in total. The number of carbonyl (C=O) groups excluding carboxylic acids is 2. The summed E-state index contributed by atoms with van der Waals surface area (Å²) in [5.41, 5.74) is 0.190. The first-order chi connectivity index (χ1) is 12.7. The minimum Gasteiger partial charge on any atom is -0.545 e. The molecule has 140 valence electrons. The molecule has 10 heteroatoms. The van der Waals surface area contributed by atoms with Gasteiger partial charge in [0.05, 0.1) is 23.7 Å². The zero-order valence-corrected chi connectivity index (χ0v) is 15.1. The number of nitrogens with one attached hydrogen (secondary N) is 2. The van der Waals surface area contributed by atoms with E-state index in [1.807, 2.05) is 0 Å². The SMILES string of the molecule is COc1ccc(C(=O)[O-])cc1NC(=S)NC(=O)c1cccc([N+](=O)[O-])c1C. The molecule has 0 aliphatic heterocycles. The Balaban J connectivity index is 2.20. The second kappa shape index (κ2) is 8.23. The number of carboxylic acids is 1. The highest BCUT2D eigenvalue weighted by Gasteiger charge is 2.19. The maximum Gasteiger partial charge on any atom is 0.273 e. The molecule has 1 amide bonds. The van der Waals surface area contributed by atoms with Gasteiger partial charge in [0.25, 0.3) is 11.6 Å². The number of nitro groups is 1. The lowest BCUT2D eigenvalue weighted by Gasteiger charge is -2.15. The highest BCUT2D eigenvalue weighted by Crippen LogP contribution is 2.25. The molecule has 0 bridgehead atoms. The fraction of sp³-hybridized carbons (Fsp3) is 0.118. The minimum atomic E-state index is -1.39. The predicted molar refractivity (Wildman–Crippen MR) is 98.8 cm³/mol. The smallest absolute Gasteiger partial charge is 0.273 e. The van der Waals surface area contributed by atoms with E-state index in [2.05, 4.69) is 10.6 Å². The van der Waals surface area contributed by atoms with Crippen molar-refractivity contribution in [3.05, 3.63) is 63.2 Å². The molecule has 2 aromatic carbocycles. The van der Waals surface area contributed by atoms with Crippen LogP contribution < -0.4 is 20.5 Å². The molecule has 0 fully saturated rings. The van der Waals surface area contributed by atoms with E-state index < -0.39 is 16.8 Å². The van der Waals surface area contributed by atoms with Crippen LogP contribution in [0.2, 0.25) is 0 Å². The van der Waals surface area contributed by atoms with Gasteiger partial charge in [-0.1, -0.05) is 6.07 Å². The van der Waals surface area contributed by atoms with Gasteiger partial charge < -0.3 is 20.0 Å². The van der Waals surface area contributed by atoms with E-state index in [4.69, 9.17) is 17.0 Å². The van der Waals surface area contributed by atoms with Crippen molar-refractivity contribution in [1.29, 1.82) is 0 Å². The molecule has 0 atom stereocenters. The first kappa shape index (κ1) is 19.8. The van der Waals surface area contributed by atoms with Crippen LogP contribution >= 0.6 is 12.2 Å². The lowest BCUT2D eigenvalue weighted by molar-refractivity contribution is -0.385. The number of carbonyl (C=O) groups is 2. The van der Waals surface area contributed by atoms with Crippen LogP contribution in [0.25, 0.3) is 0 Å². The molecule has 0 saturated carbocycles. The number of nitro benzene ring substituents is 1. The van der Waals surface area contributed by atoms with Gasteiger partial charge in [-0.3, -0.25) is 20.2 Å². The predicted octanol–water partition coefficient (Wildman–Crippen LogP) is 1.40. The van der Waals surface area contributed by atoms with Gasteiger partial charge in [-0.05, 0) is 49.0 Å². The van der Waals surface area contributed by atoms with E-state index in [1.165, 1.54) is 50.4 Å². The summed E-state index contributed by atoms with van der Waals surface area (Å²) in [7, 11) is 1.38. The number of hydrogen-bond acceptors (Lipinski definition) is 7. The van der Waals surface area contributed by atoms with Crippen LogP contribution in [0.15, 0.2) is 36.4 Å². The molecule has 0 aliphatic carbocycles. The van der Waals surface area contributed by atoms with Gasteiger partial charge in [0.15, 0.2) is 5.11 Å². The Morgan fingerprint density at radius 1 is 1.22 bits per heavy atom. The lowest BCUT2D eigenvalue weighted by atomic mass is 10.1. The van der Waals surface area contributed by atoms with E-state index >= 15 is 0 Å². The van der Waals surface area contributed by atoms with E-state index in [0.29, 0.717) is 5.75 Å². The number of aromatic carboxylic acids is 1. The van der Waals surface area contributed by atoms with Crippen molar-refractivity contribution in [2.24, 2.45) is 0 Å². The summed E-state index contributed by atoms with van der Waals surface area (Å²) in [6.07, 6.45) is 0. The van der Waals surface area contributed by atoms with E-state index in [-0.39, 0.29) is 33.2 Å². The first-order valence-electron chi connectivity index (χ1n) is 7.50. The Morgan fingerprint density at radius 2 is 1.93 bits per heavy atom. The molecule has 0 unspecified atom stereocenters. The highest BCUT2D eigenvalue weighted by molar-refractivity contribution is 7.80. The molecule has 2 aromatic rings. The zero-order chi connectivity index (χ0) is 20.1. The summed E-state index contributed by atoms with van der Waals surface area (Å²) in [6, 6.07) is 8.06. The number of rotatable bonds is 5. The molecule has 0 saturated heterocycles. The molecular formula is C17H14N3O6S-. The van der Waals surface area contributed by atoms with Crippen molar-refractivity contribution < 1.29 is 24.4 Å². The molecule has 2 rings (SSSR count). The van der Waals surface area contributed by atoms with Crippen molar-refractivity contribution in [2.45, 2.75) is 6.92 Å². The maximum atomic E-state index is 12.4. The fourth-order valence-electron chi connectivity index (χ4n) is 2.32. The van der Waals surface area contributed by atoms with Gasteiger partial charge in [-0.2, -0.15) is 0 Å². The van der Waals surface area contributed by atoms with Gasteiger partial charge in [-0.15, -0.1) is 0 Å². The number of anilines is 1. The average molecular weight is 388 g/mol. The summed E-state index contributed by atoms with van der Waals surface area (Å²) in [5.74, 6) is -1.74. The highest BCUT2D eigenvalue weighted by atomic mass is 32.1. The Morgan fingerprint density at radius 3 is 2.52 bits per heavy atom. The normalized spacial score (nSPS) is 10.0. The quantitative estimate of drug-likeness (QED) is 0.446. The van der Waals surface area contributed by atoms with Gasteiger partial charge >= 0.3 is 0 Å². The summed E-state index contributed by atoms with van der Waals surface area (Å²) in [4.78, 5) is 33.8. The molecule has 0 radical (unpaired) electrons. The van der Waals surface area contributed by atoms with Crippen molar-refractivity contribution in [3.63, 3.8) is 0 Å². The van der Waals surface area contributed by atoms with Crippen LogP contribution in [0.1, 0.15) is 26.3 Å². The summed E-state index contributed by atoms with van der Waals surface area (Å²) < 4.78 is 5.11. The third-order valence-corrected chi connectivity index (χ3v) is 3.86. The fourth-order valence-corrected chi connectivity index (χ4v) is 2.53. The lowest BCUT2D eigenvalue weighted by Crippen LogP contribution is -2.34. The molecule has 27 heavy (non-hydrogen) atoms. The average Bonchev–Trinajstić information content (AvgIpc) is 2.61. The molecule has 0 aromatic heterocycles. The van der Waals surface area contributed by atoms with E-state index in [9.17, 15) is 24.8 Å². The monoisotopic (exact) mass is 388 g/mol. The largest absolute Gasteiger partial charge is 0.545 e. The summed E-state index contributed by atoms with van der Waals surface area (Å²) in [6.45, 7) is 1.45. The minimum absolute atomic E-state index is 0.0869. The summed E-state index contributed by atoms with van der Waals surface area (Å²) in [5, 5.41) is 26.9. The number of ether oxygens (including phenoxy) is 1. The first-order valence-corrected chi connectivity index (χ1v) is 7.91. The van der Waals surface area contributed by atoms with Crippen molar-refractivity contribution in [3.8, 4) is 5.75 Å². The van der Waals surface area contributed by atoms with Crippen LogP contribution in [-0.2, 0) is 0 Å². The van der Waals surface area contributed by atoms with Gasteiger partial charge in [-0.25, -0.2) is 0 Å². The Labute approximate surface area is 159 Å². The molecule has 0 heterocycles. The topological polar surface area (TPSA) is 134 Å². The van der Waals surface area contributed by atoms with Crippen LogP contribution in [0.3, 0.4) is 0 Å². The number of hydrogen-bond donors (Lipinski definition) is 2. The zero-order valence-electron chi connectivity index (χ0n) is 14.3. The number of nitrogens with zero attached hydrogens (tertiary/aromatic N) is 1. The molecular weight excluding hydrogens is 374 g/mol. The van der Waals surface area contributed by atoms with Crippen molar-refractivity contribution >= 4 is 40.6 Å². The number of thiocarbonyl (C=S) groups is 1. The number of benzene rings is 2.